The Kier molecular flexibility index (Phi) is 4.72. The molecule has 1 atom stereocenters. The zero-order chi connectivity index (χ0) is 13.9. The van der Waals surface area contributed by atoms with E-state index in [1.807, 2.05) is 0 Å². The van der Waals surface area contributed by atoms with Crippen molar-refractivity contribution in [2.75, 3.05) is 12.3 Å². The van der Waals surface area contributed by atoms with Gasteiger partial charge in [-0.25, -0.2) is 13.1 Å². The zero-order valence-electron chi connectivity index (χ0n) is 10.9. The smallest absolute Gasteiger partial charge is 0.240 e. The SMILES string of the molecule is Cc1cc(N)c(C)c(S(=O)(=O)NCCC(C)O)c1. The van der Waals surface area contributed by atoms with Crippen molar-refractivity contribution in [3.63, 3.8) is 0 Å². The molecular weight excluding hydrogens is 252 g/mol. The van der Waals surface area contributed by atoms with Gasteiger partial charge in [0.1, 0.15) is 0 Å². The standard InChI is InChI=1S/C12H20N2O3S/c1-8-6-11(13)10(3)12(7-8)18(16,17)14-5-4-9(2)15/h6-7,9,14-15H,4-5,13H2,1-3H3. The lowest BCUT2D eigenvalue weighted by atomic mass is 10.1. The summed E-state index contributed by atoms with van der Waals surface area (Å²) < 4.78 is 26.6. The molecule has 0 bridgehead atoms. The lowest BCUT2D eigenvalue weighted by Crippen LogP contribution is -2.27. The van der Waals surface area contributed by atoms with Crippen LogP contribution in [0.2, 0.25) is 0 Å². The van der Waals surface area contributed by atoms with Crippen LogP contribution in [0.3, 0.4) is 0 Å². The normalized spacial score (nSPS) is 13.6. The summed E-state index contributed by atoms with van der Waals surface area (Å²) in [5.74, 6) is 0. The van der Waals surface area contributed by atoms with E-state index in [0.717, 1.165) is 5.56 Å². The van der Waals surface area contributed by atoms with Gasteiger partial charge in [0.05, 0.1) is 11.0 Å². The molecule has 1 aromatic rings. The highest BCUT2D eigenvalue weighted by molar-refractivity contribution is 7.89. The maximum atomic E-state index is 12.1. The molecule has 0 aromatic heterocycles. The van der Waals surface area contributed by atoms with E-state index >= 15 is 0 Å². The highest BCUT2D eigenvalue weighted by Crippen LogP contribution is 2.22. The lowest BCUT2D eigenvalue weighted by Gasteiger charge is -2.12. The second-order valence-corrected chi connectivity index (χ2v) is 6.25. The molecule has 0 aliphatic carbocycles. The van der Waals surface area contributed by atoms with Gasteiger partial charge in [-0.1, -0.05) is 0 Å². The van der Waals surface area contributed by atoms with Gasteiger partial charge in [-0.2, -0.15) is 0 Å². The summed E-state index contributed by atoms with van der Waals surface area (Å²) in [6.45, 7) is 5.29. The first-order valence-corrected chi connectivity index (χ1v) is 7.27. The summed E-state index contributed by atoms with van der Waals surface area (Å²) >= 11 is 0. The topological polar surface area (TPSA) is 92.4 Å². The third-order valence-corrected chi connectivity index (χ3v) is 4.28. The van der Waals surface area contributed by atoms with Gasteiger partial charge in [-0.15, -0.1) is 0 Å². The van der Waals surface area contributed by atoms with Crippen molar-refractivity contribution in [3.8, 4) is 0 Å². The summed E-state index contributed by atoms with van der Waals surface area (Å²) in [7, 11) is -3.57. The number of nitrogens with one attached hydrogen (secondary N) is 1. The van der Waals surface area contributed by atoms with E-state index < -0.39 is 16.1 Å². The minimum atomic E-state index is -3.57. The molecule has 102 valence electrons. The number of sulfonamides is 1. The third kappa shape index (κ3) is 3.69. The average molecular weight is 272 g/mol. The van der Waals surface area contributed by atoms with Gasteiger partial charge in [-0.05, 0) is 50.5 Å². The number of nitrogens with two attached hydrogens (primary N) is 1. The van der Waals surface area contributed by atoms with Crippen molar-refractivity contribution >= 4 is 15.7 Å². The Hall–Kier alpha value is -1.11. The van der Waals surface area contributed by atoms with E-state index in [1.54, 1.807) is 32.9 Å². The molecule has 1 unspecified atom stereocenters. The van der Waals surface area contributed by atoms with Crippen LogP contribution in [-0.2, 0) is 10.0 Å². The van der Waals surface area contributed by atoms with Crippen LogP contribution >= 0.6 is 0 Å². The van der Waals surface area contributed by atoms with Crippen molar-refractivity contribution in [2.45, 2.75) is 38.2 Å². The molecule has 4 N–H and O–H groups in total. The van der Waals surface area contributed by atoms with E-state index in [0.29, 0.717) is 17.7 Å². The van der Waals surface area contributed by atoms with Crippen LogP contribution in [-0.4, -0.2) is 26.2 Å². The first kappa shape index (κ1) is 14.9. The highest BCUT2D eigenvalue weighted by atomic mass is 32.2. The summed E-state index contributed by atoms with van der Waals surface area (Å²) in [4.78, 5) is 0.200. The number of nitrogen functional groups attached to an aromatic ring is 1. The van der Waals surface area contributed by atoms with Crippen LogP contribution < -0.4 is 10.5 Å². The number of rotatable bonds is 5. The van der Waals surface area contributed by atoms with Crippen molar-refractivity contribution in [2.24, 2.45) is 0 Å². The van der Waals surface area contributed by atoms with Crippen molar-refractivity contribution in [1.82, 2.24) is 4.72 Å². The molecule has 0 fully saturated rings. The number of hydrogen-bond donors (Lipinski definition) is 3. The molecule has 0 heterocycles. The number of aliphatic hydroxyl groups is 1. The summed E-state index contributed by atoms with van der Waals surface area (Å²) in [6, 6.07) is 3.33. The maximum Gasteiger partial charge on any atom is 0.240 e. The second kappa shape index (κ2) is 5.69. The quantitative estimate of drug-likeness (QED) is 0.695. The summed E-state index contributed by atoms with van der Waals surface area (Å²) in [5, 5.41) is 9.11. The molecule has 0 radical (unpaired) electrons. The molecule has 18 heavy (non-hydrogen) atoms. The number of benzene rings is 1. The molecule has 0 saturated heterocycles. The van der Waals surface area contributed by atoms with Gasteiger partial charge >= 0.3 is 0 Å². The Morgan fingerprint density at radius 3 is 2.56 bits per heavy atom. The Labute approximate surface area is 108 Å². The number of anilines is 1. The Morgan fingerprint density at radius 1 is 1.39 bits per heavy atom. The van der Waals surface area contributed by atoms with Crippen molar-refractivity contribution in [1.29, 1.82) is 0 Å². The van der Waals surface area contributed by atoms with Crippen molar-refractivity contribution < 1.29 is 13.5 Å². The van der Waals surface area contributed by atoms with Gasteiger partial charge in [0.2, 0.25) is 10.0 Å². The average Bonchev–Trinajstić information content (AvgIpc) is 2.22. The lowest BCUT2D eigenvalue weighted by molar-refractivity contribution is 0.186. The molecule has 1 aromatic carbocycles. The first-order chi connectivity index (χ1) is 8.24. The predicted molar refractivity (Wildman–Crippen MR) is 71.8 cm³/mol. The first-order valence-electron chi connectivity index (χ1n) is 5.78. The van der Waals surface area contributed by atoms with Crippen LogP contribution in [0.15, 0.2) is 17.0 Å². The number of hydrogen-bond acceptors (Lipinski definition) is 4. The summed E-state index contributed by atoms with van der Waals surface area (Å²) in [5.41, 5.74) is 7.57. The molecule has 0 amide bonds. The molecule has 6 heteroatoms. The Morgan fingerprint density at radius 2 is 2.00 bits per heavy atom. The predicted octanol–water partition coefficient (Wildman–Crippen LogP) is 0.935. The molecular formula is C12H20N2O3S. The number of aryl methyl sites for hydroxylation is 1. The van der Waals surface area contributed by atoms with E-state index in [9.17, 15) is 8.42 Å². The van der Waals surface area contributed by atoms with Gasteiger partial charge in [0.25, 0.3) is 0 Å². The maximum absolute atomic E-state index is 12.1. The van der Waals surface area contributed by atoms with Crippen molar-refractivity contribution in [3.05, 3.63) is 23.3 Å². The zero-order valence-corrected chi connectivity index (χ0v) is 11.7. The van der Waals surface area contributed by atoms with Gasteiger partial charge in [0, 0.05) is 12.2 Å². The van der Waals surface area contributed by atoms with Crippen LogP contribution in [0, 0.1) is 13.8 Å². The van der Waals surface area contributed by atoms with Gasteiger partial charge in [0.15, 0.2) is 0 Å². The molecule has 5 nitrogen and oxygen atoms in total. The fraction of sp³-hybridized carbons (Fsp3) is 0.500. The number of aliphatic hydroxyl groups excluding tert-OH is 1. The monoisotopic (exact) mass is 272 g/mol. The van der Waals surface area contributed by atoms with Crippen LogP contribution in [0.5, 0.6) is 0 Å². The minimum absolute atomic E-state index is 0.200. The van der Waals surface area contributed by atoms with Gasteiger partial charge < -0.3 is 10.8 Å². The fourth-order valence-corrected chi connectivity index (χ4v) is 3.02. The summed E-state index contributed by atoms with van der Waals surface area (Å²) in [6.07, 6.45) is -0.157. The minimum Gasteiger partial charge on any atom is -0.398 e. The molecule has 0 saturated carbocycles. The largest absolute Gasteiger partial charge is 0.398 e. The highest BCUT2D eigenvalue weighted by Gasteiger charge is 2.18. The van der Waals surface area contributed by atoms with Crippen LogP contribution in [0.25, 0.3) is 0 Å². The Bertz CT molecular complexity index is 524. The third-order valence-electron chi connectivity index (χ3n) is 2.69. The van der Waals surface area contributed by atoms with Crippen LogP contribution in [0.4, 0.5) is 5.69 Å². The molecule has 0 aliphatic rings. The second-order valence-electron chi connectivity index (χ2n) is 4.51. The van der Waals surface area contributed by atoms with E-state index in [-0.39, 0.29) is 11.4 Å². The Balaban J connectivity index is 2.98. The fourth-order valence-electron chi connectivity index (χ4n) is 1.61. The molecule has 0 spiro atoms. The molecule has 1 rings (SSSR count). The van der Waals surface area contributed by atoms with E-state index in [1.165, 1.54) is 0 Å². The van der Waals surface area contributed by atoms with E-state index in [4.69, 9.17) is 10.8 Å². The van der Waals surface area contributed by atoms with Crippen LogP contribution in [0.1, 0.15) is 24.5 Å². The van der Waals surface area contributed by atoms with Gasteiger partial charge in [-0.3, -0.25) is 0 Å². The molecule has 0 aliphatic heterocycles. The van der Waals surface area contributed by atoms with E-state index in [2.05, 4.69) is 4.72 Å².